The third kappa shape index (κ3) is 4.04. The summed E-state index contributed by atoms with van der Waals surface area (Å²) in [6.45, 7) is 6.20. The van der Waals surface area contributed by atoms with Crippen molar-refractivity contribution in [2.75, 3.05) is 5.32 Å². The molecule has 4 heteroatoms. The molecular formula is C11H18ClN3. The van der Waals surface area contributed by atoms with Crippen molar-refractivity contribution in [1.29, 1.82) is 0 Å². The van der Waals surface area contributed by atoms with Crippen molar-refractivity contribution in [3.8, 4) is 0 Å². The van der Waals surface area contributed by atoms with Gasteiger partial charge in [-0.15, -0.1) is 0 Å². The Bertz CT molecular complexity index is 294. The second-order valence-electron chi connectivity index (χ2n) is 3.66. The van der Waals surface area contributed by atoms with Crippen LogP contribution in [0.5, 0.6) is 0 Å². The molecule has 1 heterocycles. The van der Waals surface area contributed by atoms with E-state index in [0.717, 1.165) is 18.7 Å². The number of halogens is 1. The third-order valence-electron chi connectivity index (χ3n) is 2.29. The van der Waals surface area contributed by atoms with E-state index in [4.69, 9.17) is 11.6 Å². The lowest BCUT2D eigenvalue weighted by Crippen LogP contribution is -2.19. The number of hydrogen-bond donors (Lipinski definition) is 1. The molecule has 0 aliphatic carbocycles. The zero-order valence-corrected chi connectivity index (χ0v) is 10.3. The van der Waals surface area contributed by atoms with Crippen LogP contribution in [0, 0.1) is 6.92 Å². The number of nitrogens with zero attached hydrogens (tertiary/aromatic N) is 2. The van der Waals surface area contributed by atoms with Crippen LogP contribution in [0.1, 0.15) is 38.9 Å². The fourth-order valence-corrected chi connectivity index (χ4v) is 1.77. The van der Waals surface area contributed by atoms with Gasteiger partial charge in [-0.3, -0.25) is 0 Å². The van der Waals surface area contributed by atoms with Gasteiger partial charge in [0.25, 0.3) is 0 Å². The molecule has 0 bridgehead atoms. The molecule has 0 fully saturated rings. The van der Waals surface area contributed by atoms with Crippen LogP contribution in [0.2, 0.25) is 5.15 Å². The average Bonchev–Trinajstić information content (AvgIpc) is 2.15. The number of hydrogen-bond acceptors (Lipinski definition) is 3. The number of anilines is 1. The Morgan fingerprint density at radius 2 is 2.13 bits per heavy atom. The molecule has 0 amide bonds. The average molecular weight is 228 g/mol. The van der Waals surface area contributed by atoms with Crippen molar-refractivity contribution in [3.05, 3.63) is 17.0 Å². The maximum absolute atomic E-state index is 5.86. The van der Waals surface area contributed by atoms with Crippen molar-refractivity contribution in [3.63, 3.8) is 0 Å². The zero-order chi connectivity index (χ0) is 11.3. The summed E-state index contributed by atoms with van der Waals surface area (Å²) >= 11 is 5.86. The molecule has 15 heavy (non-hydrogen) atoms. The Morgan fingerprint density at radius 3 is 2.67 bits per heavy atom. The summed E-state index contributed by atoms with van der Waals surface area (Å²) in [5.74, 6) is 1.53. The third-order valence-corrected chi connectivity index (χ3v) is 2.48. The van der Waals surface area contributed by atoms with Gasteiger partial charge in [0.2, 0.25) is 0 Å². The van der Waals surface area contributed by atoms with Gasteiger partial charge < -0.3 is 5.32 Å². The van der Waals surface area contributed by atoms with Crippen LogP contribution in [-0.4, -0.2) is 16.0 Å². The van der Waals surface area contributed by atoms with E-state index in [9.17, 15) is 0 Å². The summed E-state index contributed by atoms with van der Waals surface area (Å²) in [5.41, 5.74) is 0. The Hall–Kier alpha value is -0.830. The maximum Gasteiger partial charge on any atom is 0.134 e. The van der Waals surface area contributed by atoms with Crippen LogP contribution in [-0.2, 0) is 0 Å². The molecule has 3 nitrogen and oxygen atoms in total. The highest BCUT2D eigenvalue weighted by Gasteiger charge is 2.06. The van der Waals surface area contributed by atoms with E-state index in [0.29, 0.717) is 17.0 Å². The van der Waals surface area contributed by atoms with E-state index in [1.54, 1.807) is 6.07 Å². The summed E-state index contributed by atoms with van der Waals surface area (Å²) in [5, 5.41) is 3.87. The molecule has 84 valence electrons. The minimum atomic E-state index is 0.473. The van der Waals surface area contributed by atoms with Crippen LogP contribution >= 0.6 is 11.6 Å². The Balaban J connectivity index is 2.69. The monoisotopic (exact) mass is 227 g/mol. The van der Waals surface area contributed by atoms with Gasteiger partial charge >= 0.3 is 0 Å². The smallest absolute Gasteiger partial charge is 0.134 e. The lowest BCUT2D eigenvalue weighted by Gasteiger charge is -2.16. The topological polar surface area (TPSA) is 37.8 Å². The first-order chi connectivity index (χ1) is 7.15. The van der Waals surface area contributed by atoms with Gasteiger partial charge in [0.05, 0.1) is 0 Å². The standard InChI is InChI=1S/C11H18ClN3/c1-4-6-9(5-2)15-11-7-10(12)13-8(3)14-11/h7,9H,4-6H2,1-3H3,(H,13,14,15). The predicted molar refractivity (Wildman–Crippen MR) is 64.4 cm³/mol. The highest BCUT2D eigenvalue weighted by atomic mass is 35.5. The number of aromatic nitrogens is 2. The van der Waals surface area contributed by atoms with E-state index >= 15 is 0 Å². The Morgan fingerprint density at radius 1 is 1.40 bits per heavy atom. The largest absolute Gasteiger partial charge is 0.367 e. The maximum atomic E-state index is 5.86. The van der Waals surface area contributed by atoms with E-state index in [-0.39, 0.29) is 0 Å². The first kappa shape index (κ1) is 12.2. The van der Waals surface area contributed by atoms with Crippen LogP contribution in [0.4, 0.5) is 5.82 Å². The normalized spacial score (nSPS) is 12.5. The van der Waals surface area contributed by atoms with E-state index in [1.807, 2.05) is 6.92 Å². The summed E-state index contributed by atoms with van der Waals surface area (Å²) in [4.78, 5) is 8.33. The fraction of sp³-hybridized carbons (Fsp3) is 0.636. The van der Waals surface area contributed by atoms with Gasteiger partial charge in [-0.05, 0) is 19.8 Å². The van der Waals surface area contributed by atoms with Crippen LogP contribution in [0.25, 0.3) is 0 Å². The highest BCUT2D eigenvalue weighted by Crippen LogP contribution is 2.14. The molecule has 0 aromatic carbocycles. The molecule has 1 unspecified atom stereocenters. The summed E-state index contributed by atoms with van der Waals surface area (Å²) < 4.78 is 0. The predicted octanol–water partition coefficient (Wildman–Crippen LogP) is 3.43. The lowest BCUT2D eigenvalue weighted by molar-refractivity contribution is 0.620. The molecule has 0 aliphatic rings. The molecule has 1 rings (SSSR count). The van der Waals surface area contributed by atoms with Gasteiger partial charge in [-0.2, -0.15) is 0 Å². The SMILES string of the molecule is CCCC(CC)Nc1cc(Cl)nc(C)n1. The van der Waals surface area contributed by atoms with Crippen molar-refractivity contribution in [2.45, 2.75) is 46.1 Å². The van der Waals surface area contributed by atoms with Crippen molar-refractivity contribution in [1.82, 2.24) is 9.97 Å². The molecule has 0 spiro atoms. The van der Waals surface area contributed by atoms with Crippen molar-refractivity contribution >= 4 is 17.4 Å². The highest BCUT2D eigenvalue weighted by molar-refractivity contribution is 6.29. The number of aryl methyl sites for hydroxylation is 1. The van der Waals surface area contributed by atoms with E-state index < -0.39 is 0 Å². The first-order valence-corrected chi connectivity index (χ1v) is 5.81. The quantitative estimate of drug-likeness (QED) is 0.784. The van der Waals surface area contributed by atoms with Gasteiger partial charge in [0.15, 0.2) is 0 Å². The van der Waals surface area contributed by atoms with Crippen molar-refractivity contribution in [2.24, 2.45) is 0 Å². The molecule has 1 aromatic rings. The minimum Gasteiger partial charge on any atom is -0.367 e. The summed E-state index contributed by atoms with van der Waals surface area (Å²) in [7, 11) is 0. The molecule has 0 radical (unpaired) electrons. The summed E-state index contributed by atoms with van der Waals surface area (Å²) in [6, 6.07) is 2.24. The minimum absolute atomic E-state index is 0.473. The number of rotatable bonds is 5. The zero-order valence-electron chi connectivity index (χ0n) is 9.55. The van der Waals surface area contributed by atoms with Gasteiger partial charge in [0.1, 0.15) is 16.8 Å². The first-order valence-electron chi connectivity index (χ1n) is 5.43. The van der Waals surface area contributed by atoms with Crippen LogP contribution in [0.15, 0.2) is 6.07 Å². The van der Waals surface area contributed by atoms with Crippen LogP contribution < -0.4 is 5.32 Å². The molecule has 0 saturated heterocycles. The van der Waals surface area contributed by atoms with E-state index in [1.165, 1.54) is 6.42 Å². The fourth-order valence-electron chi connectivity index (χ4n) is 1.54. The molecule has 1 atom stereocenters. The van der Waals surface area contributed by atoms with Gasteiger partial charge in [-0.1, -0.05) is 31.9 Å². The van der Waals surface area contributed by atoms with Gasteiger partial charge in [0, 0.05) is 12.1 Å². The second kappa shape index (κ2) is 5.91. The number of nitrogens with one attached hydrogen (secondary N) is 1. The Labute approximate surface area is 96.3 Å². The lowest BCUT2D eigenvalue weighted by atomic mass is 10.1. The van der Waals surface area contributed by atoms with Crippen molar-refractivity contribution < 1.29 is 0 Å². The van der Waals surface area contributed by atoms with Crippen LogP contribution in [0.3, 0.4) is 0 Å². The molecule has 0 saturated carbocycles. The molecule has 1 N–H and O–H groups in total. The molecule has 0 aliphatic heterocycles. The molecular weight excluding hydrogens is 210 g/mol. The molecule has 1 aromatic heterocycles. The van der Waals surface area contributed by atoms with E-state index in [2.05, 4.69) is 29.1 Å². The Kier molecular flexibility index (Phi) is 4.82. The second-order valence-corrected chi connectivity index (χ2v) is 4.05. The van der Waals surface area contributed by atoms with Gasteiger partial charge in [-0.25, -0.2) is 9.97 Å². The summed E-state index contributed by atoms with van der Waals surface area (Å²) in [6.07, 6.45) is 3.41.